The Balaban J connectivity index is 1.66. The molecule has 4 aliphatic rings. The minimum absolute atomic E-state index is 0.451. The van der Waals surface area contributed by atoms with E-state index in [9.17, 15) is 4.79 Å². The smallest absolute Gasteiger partial charge is 0.222 e. The van der Waals surface area contributed by atoms with E-state index in [1.165, 1.54) is 45.2 Å². The van der Waals surface area contributed by atoms with Gasteiger partial charge in [0.15, 0.2) is 0 Å². The van der Waals surface area contributed by atoms with Crippen LogP contribution in [0, 0.1) is 11.8 Å². The van der Waals surface area contributed by atoms with E-state index in [4.69, 9.17) is 0 Å². The van der Waals surface area contributed by atoms with Gasteiger partial charge in [0.2, 0.25) is 5.91 Å². The Morgan fingerprint density at radius 1 is 1.00 bits per heavy atom. The molecule has 0 aromatic heterocycles. The van der Waals surface area contributed by atoms with Crippen molar-refractivity contribution in [3.8, 4) is 0 Å². The lowest BCUT2D eigenvalue weighted by Crippen LogP contribution is -2.66. The largest absolute Gasteiger partial charge is 0.339 e. The van der Waals surface area contributed by atoms with Gasteiger partial charge < -0.3 is 4.90 Å². The predicted octanol–water partition coefficient (Wildman–Crippen LogP) is 1.87. The number of hydrogen-bond donors (Lipinski definition) is 0. The van der Waals surface area contributed by atoms with E-state index in [-0.39, 0.29) is 0 Å². The van der Waals surface area contributed by atoms with Crippen molar-refractivity contribution in [3.05, 3.63) is 0 Å². The average Bonchev–Trinajstić information content (AvgIpc) is 2.41. The molecule has 0 bridgehead atoms. The van der Waals surface area contributed by atoms with Gasteiger partial charge in [0.1, 0.15) is 0 Å². The maximum absolute atomic E-state index is 12.2. The number of fused-ring (bicyclic) bond motifs is 2. The molecule has 3 heteroatoms. The molecule has 0 spiro atoms. The molecule has 4 rings (SSSR count). The van der Waals surface area contributed by atoms with Crippen molar-refractivity contribution < 1.29 is 4.79 Å². The Hall–Kier alpha value is -0.570. The summed E-state index contributed by atoms with van der Waals surface area (Å²) in [5.74, 6) is 2.02. The molecule has 0 radical (unpaired) electrons. The number of piperidine rings is 4. The van der Waals surface area contributed by atoms with Gasteiger partial charge in [-0.25, -0.2) is 0 Å². The van der Waals surface area contributed by atoms with Crippen LogP contribution in [-0.4, -0.2) is 47.4 Å². The Morgan fingerprint density at radius 3 is 2.72 bits per heavy atom. The maximum atomic E-state index is 12.2. The van der Waals surface area contributed by atoms with Crippen LogP contribution in [0.2, 0.25) is 0 Å². The number of rotatable bonds is 0. The Labute approximate surface area is 110 Å². The van der Waals surface area contributed by atoms with Crippen molar-refractivity contribution in [2.24, 2.45) is 11.8 Å². The molecule has 4 atom stereocenters. The molecule has 4 saturated heterocycles. The van der Waals surface area contributed by atoms with Gasteiger partial charge in [0.05, 0.1) is 0 Å². The van der Waals surface area contributed by atoms with Crippen LogP contribution in [0.4, 0.5) is 0 Å². The number of nitrogens with zero attached hydrogens (tertiary/aromatic N) is 2. The monoisotopic (exact) mass is 248 g/mol. The first kappa shape index (κ1) is 11.3. The SMILES string of the molecule is O=C1CCC[C@@H]2[C@@H]3CCCN4CCC[C@H](CN12)[C@H]34. The fourth-order valence-electron chi connectivity index (χ4n) is 5.26. The molecule has 0 unspecified atom stereocenters. The van der Waals surface area contributed by atoms with Crippen LogP contribution in [0.25, 0.3) is 0 Å². The zero-order chi connectivity index (χ0) is 12.1. The second kappa shape index (κ2) is 4.22. The summed E-state index contributed by atoms with van der Waals surface area (Å²) in [5, 5.41) is 0. The van der Waals surface area contributed by atoms with Gasteiger partial charge in [0.25, 0.3) is 0 Å². The highest BCUT2D eigenvalue weighted by Gasteiger charge is 2.50. The van der Waals surface area contributed by atoms with Gasteiger partial charge in [-0.2, -0.15) is 0 Å². The molecule has 100 valence electrons. The van der Waals surface area contributed by atoms with Gasteiger partial charge in [-0.15, -0.1) is 0 Å². The fraction of sp³-hybridized carbons (Fsp3) is 0.933. The molecular formula is C15H24N2O. The van der Waals surface area contributed by atoms with Crippen LogP contribution in [0.1, 0.15) is 44.9 Å². The van der Waals surface area contributed by atoms with Crippen molar-refractivity contribution in [1.29, 1.82) is 0 Å². The third kappa shape index (κ3) is 1.56. The van der Waals surface area contributed by atoms with Crippen molar-refractivity contribution in [2.75, 3.05) is 19.6 Å². The molecule has 0 saturated carbocycles. The third-order valence-corrected chi connectivity index (χ3v) is 5.88. The van der Waals surface area contributed by atoms with Crippen LogP contribution in [0.5, 0.6) is 0 Å². The lowest BCUT2D eigenvalue weighted by molar-refractivity contribution is -0.150. The number of amides is 1. The van der Waals surface area contributed by atoms with Crippen molar-refractivity contribution in [2.45, 2.75) is 57.0 Å². The number of carbonyl (C=O) groups excluding carboxylic acids is 1. The fourth-order valence-corrected chi connectivity index (χ4v) is 5.26. The standard InChI is InChI=1S/C15H24N2O/c18-14-7-1-6-13-12-5-3-9-16-8-2-4-11(15(12)16)10-17(13)14/h11-13,15H,1-10H2/t11-,12+,13-,15-/m1/s1. The first-order chi connectivity index (χ1) is 8.84. The van der Waals surface area contributed by atoms with Crippen LogP contribution in [0.3, 0.4) is 0 Å². The van der Waals surface area contributed by atoms with Crippen LogP contribution >= 0.6 is 0 Å². The highest BCUT2D eigenvalue weighted by atomic mass is 16.2. The zero-order valence-corrected chi connectivity index (χ0v) is 11.2. The van der Waals surface area contributed by atoms with Crippen LogP contribution in [-0.2, 0) is 4.79 Å². The first-order valence-corrected chi connectivity index (χ1v) is 7.88. The average molecular weight is 248 g/mol. The first-order valence-electron chi connectivity index (χ1n) is 7.88. The normalized spacial score (nSPS) is 44.4. The molecule has 0 N–H and O–H groups in total. The van der Waals surface area contributed by atoms with E-state index in [0.29, 0.717) is 11.9 Å². The topological polar surface area (TPSA) is 23.6 Å². The van der Waals surface area contributed by atoms with Crippen LogP contribution < -0.4 is 0 Å². The Morgan fingerprint density at radius 2 is 1.83 bits per heavy atom. The molecule has 0 aromatic rings. The Bertz CT molecular complexity index is 354. The summed E-state index contributed by atoms with van der Waals surface area (Å²) in [6.07, 6.45) is 8.64. The summed E-state index contributed by atoms with van der Waals surface area (Å²) in [4.78, 5) is 17.2. The molecular weight excluding hydrogens is 224 g/mol. The van der Waals surface area contributed by atoms with E-state index in [0.717, 1.165) is 37.3 Å². The molecule has 1 amide bonds. The highest BCUT2D eigenvalue weighted by Crippen LogP contribution is 2.44. The maximum Gasteiger partial charge on any atom is 0.222 e. The van der Waals surface area contributed by atoms with Gasteiger partial charge in [-0.05, 0) is 63.5 Å². The molecule has 3 nitrogen and oxygen atoms in total. The van der Waals surface area contributed by atoms with Crippen molar-refractivity contribution in [1.82, 2.24) is 9.80 Å². The second-order valence-corrected chi connectivity index (χ2v) is 6.74. The second-order valence-electron chi connectivity index (χ2n) is 6.74. The zero-order valence-electron chi connectivity index (χ0n) is 11.2. The van der Waals surface area contributed by atoms with Crippen LogP contribution in [0.15, 0.2) is 0 Å². The highest BCUT2D eigenvalue weighted by molar-refractivity contribution is 5.77. The van der Waals surface area contributed by atoms with E-state index < -0.39 is 0 Å². The van der Waals surface area contributed by atoms with E-state index in [1.807, 2.05) is 0 Å². The van der Waals surface area contributed by atoms with E-state index in [2.05, 4.69) is 9.80 Å². The summed E-state index contributed by atoms with van der Waals surface area (Å²) in [6.45, 7) is 3.71. The minimum Gasteiger partial charge on any atom is -0.339 e. The summed E-state index contributed by atoms with van der Waals surface area (Å²) in [6, 6.07) is 1.41. The van der Waals surface area contributed by atoms with Crippen molar-refractivity contribution >= 4 is 5.91 Å². The van der Waals surface area contributed by atoms with E-state index >= 15 is 0 Å². The predicted molar refractivity (Wildman–Crippen MR) is 70.2 cm³/mol. The van der Waals surface area contributed by atoms with Gasteiger partial charge in [-0.3, -0.25) is 9.69 Å². The molecule has 4 aliphatic heterocycles. The number of hydrogen-bond acceptors (Lipinski definition) is 2. The molecule has 0 aliphatic carbocycles. The summed E-state index contributed by atoms with van der Waals surface area (Å²) < 4.78 is 0. The van der Waals surface area contributed by atoms with Crippen molar-refractivity contribution in [3.63, 3.8) is 0 Å². The number of carbonyl (C=O) groups is 1. The van der Waals surface area contributed by atoms with Gasteiger partial charge in [-0.1, -0.05) is 0 Å². The molecule has 0 aromatic carbocycles. The third-order valence-electron chi connectivity index (χ3n) is 5.88. The van der Waals surface area contributed by atoms with Gasteiger partial charge in [0, 0.05) is 25.0 Å². The minimum atomic E-state index is 0.451. The summed E-state index contributed by atoms with van der Waals surface area (Å²) in [5.41, 5.74) is 0. The lowest BCUT2D eigenvalue weighted by Gasteiger charge is -2.58. The quantitative estimate of drug-likeness (QED) is 0.653. The Kier molecular flexibility index (Phi) is 2.65. The van der Waals surface area contributed by atoms with Gasteiger partial charge >= 0.3 is 0 Å². The molecule has 18 heavy (non-hydrogen) atoms. The molecule has 4 fully saturated rings. The summed E-state index contributed by atoms with van der Waals surface area (Å²) in [7, 11) is 0. The summed E-state index contributed by atoms with van der Waals surface area (Å²) >= 11 is 0. The van der Waals surface area contributed by atoms with E-state index in [1.54, 1.807) is 0 Å². The molecule has 4 heterocycles. The lowest BCUT2D eigenvalue weighted by atomic mass is 9.68.